The predicted octanol–water partition coefficient (Wildman–Crippen LogP) is 0.935. The Kier molecular flexibility index (Phi) is 7.34. The number of esters is 1. The molecule has 0 heterocycles. The number of rotatable bonds is 7. The summed E-state index contributed by atoms with van der Waals surface area (Å²) >= 11 is 0. The molecule has 0 spiro atoms. The van der Waals surface area contributed by atoms with Crippen molar-refractivity contribution in [3.63, 3.8) is 0 Å². The minimum absolute atomic E-state index is 0.0376. The fourth-order valence-corrected chi connectivity index (χ4v) is 1.45. The van der Waals surface area contributed by atoms with Crippen LogP contribution in [0.1, 0.15) is 34.1 Å². The van der Waals surface area contributed by atoms with Gasteiger partial charge in [-0.3, -0.25) is 10.1 Å². The predicted molar refractivity (Wildman–Crippen MR) is 59.6 cm³/mol. The first-order chi connectivity index (χ1) is 7.01. The highest BCUT2D eigenvalue weighted by Crippen LogP contribution is 2.05. The van der Waals surface area contributed by atoms with Crippen LogP contribution in [0, 0.1) is 5.92 Å². The molecule has 0 bridgehead atoms. The Balaban J connectivity index is 3.99. The minimum Gasteiger partial charge on any atom is -0.465 e. The van der Waals surface area contributed by atoms with Crippen molar-refractivity contribution in [3.05, 3.63) is 0 Å². The van der Waals surface area contributed by atoms with Crippen LogP contribution in [0.15, 0.2) is 0 Å². The van der Waals surface area contributed by atoms with Crippen LogP contribution in [0.5, 0.6) is 0 Å². The van der Waals surface area contributed by atoms with Crippen LogP contribution < -0.4 is 5.32 Å². The van der Waals surface area contributed by atoms with Gasteiger partial charge in [0.15, 0.2) is 0 Å². The molecule has 0 saturated heterocycles. The standard InChI is InChI=1S/C11H23NO3/c1-5-15-11(14)9(4)12-10(7-13)6-8(2)3/h8-10,12-13H,5-7H2,1-4H3. The van der Waals surface area contributed by atoms with Gasteiger partial charge in [0.2, 0.25) is 0 Å². The van der Waals surface area contributed by atoms with Gasteiger partial charge in [-0.05, 0) is 26.2 Å². The maximum Gasteiger partial charge on any atom is 0.322 e. The number of aliphatic hydroxyl groups is 1. The van der Waals surface area contributed by atoms with Gasteiger partial charge in [0.05, 0.1) is 13.2 Å². The van der Waals surface area contributed by atoms with E-state index < -0.39 is 0 Å². The van der Waals surface area contributed by atoms with Crippen LogP contribution in [-0.4, -0.2) is 36.4 Å². The second-order valence-corrected chi connectivity index (χ2v) is 4.15. The van der Waals surface area contributed by atoms with Crippen molar-refractivity contribution in [2.24, 2.45) is 5.92 Å². The van der Waals surface area contributed by atoms with E-state index in [2.05, 4.69) is 19.2 Å². The van der Waals surface area contributed by atoms with Crippen LogP contribution in [0.2, 0.25) is 0 Å². The van der Waals surface area contributed by atoms with Crippen molar-refractivity contribution in [1.82, 2.24) is 5.32 Å². The van der Waals surface area contributed by atoms with E-state index in [1.807, 2.05) is 0 Å². The van der Waals surface area contributed by atoms with E-state index in [0.29, 0.717) is 12.5 Å². The van der Waals surface area contributed by atoms with Crippen molar-refractivity contribution < 1.29 is 14.6 Å². The molecule has 90 valence electrons. The molecule has 0 aliphatic rings. The maximum absolute atomic E-state index is 11.3. The molecule has 15 heavy (non-hydrogen) atoms. The molecule has 0 fully saturated rings. The molecule has 0 aromatic carbocycles. The number of carbonyl (C=O) groups is 1. The molecule has 2 unspecified atom stereocenters. The van der Waals surface area contributed by atoms with Crippen molar-refractivity contribution in [2.45, 2.75) is 46.2 Å². The second-order valence-electron chi connectivity index (χ2n) is 4.15. The van der Waals surface area contributed by atoms with E-state index in [-0.39, 0.29) is 24.7 Å². The van der Waals surface area contributed by atoms with Crippen LogP contribution in [0.4, 0.5) is 0 Å². The molecule has 2 atom stereocenters. The third kappa shape index (κ3) is 6.47. The van der Waals surface area contributed by atoms with Gasteiger partial charge in [0, 0.05) is 6.04 Å². The van der Waals surface area contributed by atoms with Gasteiger partial charge >= 0.3 is 5.97 Å². The third-order valence-corrected chi connectivity index (χ3v) is 2.10. The Hall–Kier alpha value is -0.610. The summed E-state index contributed by atoms with van der Waals surface area (Å²) in [6.45, 7) is 8.13. The molecular formula is C11H23NO3. The summed E-state index contributed by atoms with van der Waals surface area (Å²) in [7, 11) is 0. The van der Waals surface area contributed by atoms with Gasteiger partial charge in [0.25, 0.3) is 0 Å². The highest BCUT2D eigenvalue weighted by Gasteiger charge is 2.18. The van der Waals surface area contributed by atoms with Crippen molar-refractivity contribution in [1.29, 1.82) is 0 Å². The Morgan fingerprint density at radius 1 is 1.40 bits per heavy atom. The fraction of sp³-hybridized carbons (Fsp3) is 0.909. The van der Waals surface area contributed by atoms with Crippen molar-refractivity contribution >= 4 is 5.97 Å². The average molecular weight is 217 g/mol. The summed E-state index contributed by atoms with van der Waals surface area (Å²) in [6, 6.07) is -0.398. The largest absolute Gasteiger partial charge is 0.465 e. The number of ether oxygens (including phenoxy) is 1. The maximum atomic E-state index is 11.3. The van der Waals surface area contributed by atoms with Crippen molar-refractivity contribution in [2.75, 3.05) is 13.2 Å². The SMILES string of the molecule is CCOC(=O)C(C)NC(CO)CC(C)C. The summed E-state index contributed by atoms with van der Waals surface area (Å²) in [5.41, 5.74) is 0. The summed E-state index contributed by atoms with van der Waals surface area (Å²) < 4.78 is 4.87. The smallest absolute Gasteiger partial charge is 0.322 e. The quantitative estimate of drug-likeness (QED) is 0.623. The number of aliphatic hydroxyl groups excluding tert-OH is 1. The number of hydrogen-bond acceptors (Lipinski definition) is 4. The third-order valence-electron chi connectivity index (χ3n) is 2.10. The molecule has 4 nitrogen and oxygen atoms in total. The topological polar surface area (TPSA) is 58.6 Å². The summed E-state index contributed by atoms with van der Waals surface area (Å²) in [5.74, 6) is 0.226. The van der Waals surface area contributed by atoms with Crippen LogP contribution in [0.25, 0.3) is 0 Å². The normalized spacial score (nSPS) is 15.1. The van der Waals surface area contributed by atoms with E-state index in [0.717, 1.165) is 6.42 Å². The van der Waals surface area contributed by atoms with Gasteiger partial charge < -0.3 is 9.84 Å². The summed E-state index contributed by atoms with van der Waals surface area (Å²) in [4.78, 5) is 11.3. The fourth-order valence-electron chi connectivity index (χ4n) is 1.45. The number of nitrogens with one attached hydrogen (secondary N) is 1. The highest BCUT2D eigenvalue weighted by molar-refractivity contribution is 5.75. The molecule has 4 heteroatoms. The van der Waals surface area contributed by atoms with E-state index in [9.17, 15) is 4.79 Å². The molecule has 0 aliphatic carbocycles. The number of carbonyl (C=O) groups excluding carboxylic acids is 1. The lowest BCUT2D eigenvalue weighted by atomic mass is 10.0. The number of hydrogen-bond donors (Lipinski definition) is 2. The Bertz CT molecular complexity index is 183. The van der Waals surface area contributed by atoms with E-state index in [4.69, 9.17) is 9.84 Å². The molecular weight excluding hydrogens is 194 g/mol. The minimum atomic E-state index is -0.360. The van der Waals surface area contributed by atoms with Gasteiger partial charge in [-0.2, -0.15) is 0 Å². The molecule has 0 aliphatic heterocycles. The van der Waals surface area contributed by atoms with Gasteiger partial charge in [-0.15, -0.1) is 0 Å². The van der Waals surface area contributed by atoms with E-state index in [1.54, 1.807) is 13.8 Å². The molecule has 0 radical (unpaired) electrons. The van der Waals surface area contributed by atoms with Gasteiger partial charge in [0.1, 0.15) is 6.04 Å². The Morgan fingerprint density at radius 3 is 2.40 bits per heavy atom. The first-order valence-corrected chi connectivity index (χ1v) is 5.54. The first kappa shape index (κ1) is 14.4. The summed E-state index contributed by atoms with van der Waals surface area (Å²) in [5, 5.41) is 12.2. The van der Waals surface area contributed by atoms with Crippen LogP contribution in [0.3, 0.4) is 0 Å². The Morgan fingerprint density at radius 2 is 2.00 bits per heavy atom. The van der Waals surface area contributed by atoms with Crippen LogP contribution >= 0.6 is 0 Å². The highest BCUT2D eigenvalue weighted by atomic mass is 16.5. The van der Waals surface area contributed by atoms with Gasteiger partial charge in [-0.25, -0.2) is 0 Å². The molecule has 0 rings (SSSR count). The molecule has 0 amide bonds. The van der Waals surface area contributed by atoms with Crippen LogP contribution in [-0.2, 0) is 9.53 Å². The molecule has 0 aromatic heterocycles. The molecule has 0 aromatic rings. The second kappa shape index (κ2) is 7.65. The lowest BCUT2D eigenvalue weighted by Gasteiger charge is -2.21. The zero-order valence-corrected chi connectivity index (χ0v) is 10.1. The monoisotopic (exact) mass is 217 g/mol. The van der Waals surface area contributed by atoms with E-state index in [1.165, 1.54) is 0 Å². The molecule has 0 saturated carbocycles. The van der Waals surface area contributed by atoms with E-state index >= 15 is 0 Å². The summed E-state index contributed by atoms with van der Waals surface area (Å²) in [6.07, 6.45) is 0.847. The molecule has 2 N–H and O–H groups in total. The zero-order chi connectivity index (χ0) is 11.8. The lowest BCUT2D eigenvalue weighted by molar-refractivity contribution is -0.145. The zero-order valence-electron chi connectivity index (χ0n) is 10.1. The van der Waals surface area contributed by atoms with Crippen molar-refractivity contribution in [3.8, 4) is 0 Å². The lowest BCUT2D eigenvalue weighted by Crippen LogP contribution is -2.44. The average Bonchev–Trinajstić information content (AvgIpc) is 2.16. The first-order valence-electron chi connectivity index (χ1n) is 5.54. The van der Waals surface area contributed by atoms with Gasteiger partial charge in [-0.1, -0.05) is 13.8 Å². The Labute approximate surface area is 92.0 Å².